The first-order valence-corrected chi connectivity index (χ1v) is 5.06. The Labute approximate surface area is 88.9 Å². The van der Waals surface area contributed by atoms with E-state index in [1.165, 1.54) is 0 Å². The molecule has 4 heteroatoms. The first-order valence-electron chi connectivity index (χ1n) is 5.06. The maximum atomic E-state index is 11.7. The van der Waals surface area contributed by atoms with Crippen molar-refractivity contribution in [1.29, 1.82) is 0 Å². The summed E-state index contributed by atoms with van der Waals surface area (Å²) in [6, 6.07) is 7.34. The summed E-state index contributed by atoms with van der Waals surface area (Å²) in [4.78, 5) is 13.4. The number of hydrogen-bond donors (Lipinski definition) is 2. The van der Waals surface area contributed by atoms with Gasteiger partial charge in [0.15, 0.2) is 0 Å². The van der Waals surface area contributed by atoms with Crippen LogP contribution in [0.15, 0.2) is 24.3 Å². The molecule has 0 aliphatic carbocycles. The van der Waals surface area contributed by atoms with Crippen LogP contribution in [0.3, 0.4) is 0 Å². The molecule has 0 radical (unpaired) electrons. The van der Waals surface area contributed by atoms with Gasteiger partial charge in [-0.05, 0) is 36.7 Å². The van der Waals surface area contributed by atoms with Crippen LogP contribution in [0.1, 0.15) is 6.42 Å². The first-order chi connectivity index (χ1) is 7.20. The third-order valence-electron chi connectivity index (χ3n) is 2.74. The van der Waals surface area contributed by atoms with E-state index in [0.717, 1.165) is 12.2 Å². The molecule has 4 N–H and O–H groups in total. The minimum atomic E-state index is 0.148. The van der Waals surface area contributed by atoms with Crippen molar-refractivity contribution in [1.82, 2.24) is 0 Å². The molecular formula is C11H15N3O. The van der Waals surface area contributed by atoms with Gasteiger partial charge in [-0.2, -0.15) is 0 Å². The quantitative estimate of drug-likeness (QED) is 0.694. The number of amides is 1. The van der Waals surface area contributed by atoms with E-state index in [0.29, 0.717) is 18.7 Å². The van der Waals surface area contributed by atoms with Gasteiger partial charge >= 0.3 is 0 Å². The van der Waals surface area contributed by atoms with Crippen molar-refractivity contribution < 1.29 is 4.79 Å². The van der Waals surface area contributed by atoms with E-state index in [-0.39, 0.29) is 11.8 Å². The Morgan fingerprint density at radius 3 is 2.53 bits per heavy atom. The predicted molar refractivity (Wildman–Crippen MR) is 60.4 cm³/mol. The lowest BCUT2D eigenvalue weighted by Gasteiger charge is -2.16. The molecule has 0 spiro atoms. The molecule has 1 aliphatic heterocycles. The SMILES string of the molecule is NCC1CC(=O)N(c2ccc(N)cc2)C1. The molecule has 2 rings (SSSR count). The molecule has 1 heterocycles. The molecule has 0 saturated carbocycles. The zero-order chi connectivity index (χ0) is 10.8. The summed E-state index contributed by atoms with van der Waals surface area (Å²) in [6.45, 7) is 1.29. The van der Waals surface area contributed by atoms with Gasteiger partial charge in [-0.3, -0.25) is 4.79 Å². The van der Waals surface area contributed by atoms with Gasteiger partial charge in [0.2, 0.25) is 5.91 Å². The van der Waals surface area contributed by atoms with Crippen LogP contribution in [-0.4, -0.2) is 19.0 Å². The highest BCUT2D eigenvalue weighted by Crippen LogP contribution is 2.24. The summed E-state index contributed by atoms with van der Waals surface area (Å²) in [6.07, 6.45) is 0.556. The lowest BCUT2D eigenvalue weighted by Crippen LogP contribution is -2.25. The van der Waals surface area contributed by atoms with Crippen molar-refractivity contribution in [3.8, 4) is 0 Å². The number of nitrogens with two attached hydrogens (primary N) is 2. The molecule has 1 aliphatic rings. The standard InChI is InChI=1S/C11H15N3O/c12-6-8-5-11(15)14(7-8)10-3-1-9(13)2-4-10/h1-4,8H,5-7,12-13H2. The van der Waals surface area contributed by atoms with Crippen LogP contribution in [0.25, 0.3) is 0 Å². The van der Waals surface area contributed by atoms with E-state index in [2.05, 4.69) is 0 Å². The lowest BCUT2D eigenvalue weighted by atomic mass is 10.1. The highest BCUT2D eigenvalue weighted by atomic mass is 16.2. The average molecular weight is 205 g/mol. The van der Waals surface area contributed by atoms with Crippen LogP contribution in [-0.2, 0) is 4.79 Å². The molecule has 80 valence electrons. The van der Waals surface area contributed by atoms with Crippen molar-refractivity contribution in [2.24, 2.45) is 11.7 Å². The Morgan fingerprint density at radius 2 is 2.00 bits per heavy atom. The number of hydrogen-bond acceptors (Lipinski definition) is 3. The molecule has 1 aromatic carbocycles. The molecule has 1 amide bonds. The summed E-state index contributed by atoms with van der Waals surface area (Å²) in [7, 11) is 0. The normalized spacial score (nSPS) is 21.0. The highest BCUT2D eigenvalue weighted by molar-refractivity contribution is 5.95. The van der Waals surface area contributed by atoms with E-state index < -0.39 is 0 Å². The maximum absolute atomic E-state index is 11.7. The zero-order valence-electron chi connectivity index (χ0n) is 8.52. The van der Waals surface area contributed by atoms with Gasteiger partial charge in [0.25, 0.3) is 0 Å². The third kappa shape index (κ3) is 1.94. The second kappa shape index (κ2) is 3.90. The predicted octanol–water partition coefficient (Wildman–Crippen LogP) is 0.580. The number of benzene rings is 1. The van der Waals surface area contributed by atoms with Gasteiger partial charge in [0, 0.05) is 24.3 Å². The smallest absolute Gasteiger partial charge is 0.227 e. The Kier molecular flexibility index (Phi) is 2.60. The fourth-order valence-electron chi connectivity index (χ4n) is 1.84. The summed E-state index contributed by atoms with van der Waals surface area (Å²) in [5.41, 5.74) is 12.8. The van der Waals surface area contributed by atoms with Crippen molar-refractivity contribution in [2.75, 3.05) is 23.7 Å². The van der Waals surface area contributed by atoms with Crippen LogP contribution in [0.5, 0.6) is 0 Å². The van der Waals surface area contributed by atoms with Crippen LogP contribution in [0.4, 0.5) is 11.4 Å². The number of anilines is 2. The summed E-state index contributed by atoms with van der Waals surface area (Å²) in [5, 5.41) is 0. The molecule has 1 unspecified atom stereocenters. The second-order valence-corrected chi connectivity index (χ2v) is 3.90. The molecule has 4 nitrogen and oxygen atoms in total. The number of nitrogen functional groups attached to an aromatic ring is 1. The minimum Gasteiger partial charge on any atom is -0.399 e. The Bertz CT molecular complexity index is 361. The van der Waals surface area contributed by atoms with Gasteiger partial charge < -0.3 is 16.4 Å². The van der Waals surface area contributed by atoms with E-state index >= 15 is 0 Å². The van der Waals surface area contributed by atoms with Gasteiger partial charge in [-0.25, -0.2) is 0 Å². The van der Waals surface area contributed by atoms with Gasteiger partial charge in [-0.1, -0.05) is 0 Å². The summed E-state index contributed by atoms with van der Waals surface area (Å²) in [5.74, 6) is 0.435. The number of rotatable bonds is 2. The van der Waals surface area contributed by atoms with E-state index in [4.69, 9.17) is 11.5 Å². The molecule has 0 bridgehead atoms. The van der Waals surface area contributed by atoms with Crippen molar-refractivity contribution in [3.63, 3.8) is 0 Å². The Morgan fingerprint density at radius 1 is 1.33 bits per heavy atom. The van der Waals surface area contributed by atoms with Crippen LogP contribution in [0.2, 0.25) is 0 Å². The molecular weight excluding hydrogens is 190 g/mol. The molecule has 1 fully saturated rings. The van der Waals surface area contributed by atoms with Gasteiger partial charge in [0.1, 0.15) is 0 Å². The first kappa shape index (κ1) is 9.98. The lowest BCUT2D eigenvalue weighted by molar-refractivity contribution is -0.117. The number of carbonyl (C=O) groups excluding carboxylic acids is 1. The van der Waals surface area contributed by atoms with Crippen LogP contribution < -0.4 is 16.4 Å². The second-order valence-electron chi connectivity index (χ2n) is 3.90. The molecule has 0 aromatic heterocycles. The van der Waals surface area contributed by atoms with E-state index in [9.17, 15) is 4.79 Å². The van der Waals surface area contributed by atoms with Crippen LogP contribution in [0, 0.1) is 5.92 Å². The average Bonchev–Trinajstić information content (AvgIpc) is 2.61. The van der Waals surface area contributed by atoms with Crippen molar-refractivity contribution in [3.05, 3.63) is 24.3 Å². The molecule has 1 saturated heterocycles. The molecule has 1 aromatic rings. The highest BCUT2D eigenvalue weighted by Gasteiger charge is 2.29. The minimum absolute atomic E-state index is 0.148. The van der Waals surface area contributed by atoms with E-state index in [1.807, 2.05) is 12.1 Å². The van der Waals surface area contributed by atoms with Gasteiger partial charge in [-0.15, -0.1) is 0 Å². The van der Waals surface area contributed by atoms with Crippen LogP contribution >= 0.6 is 0 Å². The largest absolute Gasteiger partial charge is 0.399 e. The zero-order valence-corrected chi connectivity index (χ0v) is 8.52. The fourth-order valence-corrected chi connectivity index (χ4v) is 1.84. The third-order valence-corrected chi connectivity index (χ3v) is 2.74. The molecule has 1 atom stereocenters. The topological polar surface area (TPSA) is 72.4 Å². The van der Waals surface area contributed by atoms with Crippen molar-refractivity contribution >= 4 is 17.3 Å². The van der Waals surface area contributed by atoms with E-state index in [1.54, 1.807) is 17.0 Å². The monoisotopic (exact) mass is 205 g/mol. The Balaban J connectivity index is 2.18. The maximum Gasteiger partial charge on any atom is 0.227 e. The number of carbonyl (C=O) groups is 1. The fraction of sp³-hybridized carbons (Fsp3) is 0.364. The Hall–Kier alpha value is -1.55. The molecule has 15 heavy (non-hydrogen) atoms. The van der Waals surface area contributed by atoms with Crippen molar-refractivity contribution in [2.45, 2.75) is 6.42 Å². The summed E-state index contributed by atoms with van der Waals surface area (Å²) < 4.78 is 0. The summed E-state index contributed by atoms with van der Waals surface area (Å²) >= 11 is 0. The number of nitrogens with zero attached hydrogens (tertiary/aromatic N) is 1. The van der Waals surface area contributed by atoms with Gasteiger partial charge in [0.05, 0.1) is 0 Å².